The smallest absolute Gasteiger partial charge is 0.242 e. The number of hydrogen-bond acceptors (Lipinski definition) is 4. The van der Waals surface area contributed by atoms with Gasteiger partial charge in [-0.25, -0.2) is 13.1 Å². The van der Waals surface area contributed by atoms with E-state index < -0.39 is 15.6 Å². The summed E-state index contributed by atoms with van der Waals surface area (Å²) in [6.07, 6.45) is 3.32. The summed E-state index contributed by atoms with van der Waals surface area (Å²) in [4.78, 5) is 4.01. The molecule has 3 aromatic rings. The van der Waals surface area contributed by atoms with Crippen molar-refractivity contribution in [3.63, 3.8) is 0 Å². The number of ether oxygens (including phenoxy) is 1. The average molecular weight is 451 g/mol. The van der Waals surface area contributed by atoms with Crippen LogP contribution in [0.15, 0.2) is 65.8 Å². The molecule has 0 amide bonds. The number of rotatable bonds is 6. The Morgan fingerprint density at radius 2 is 1.83 bits per heavy atom. The fourth-order valence-electron chi connectivity index (χ4n) is 2.99. The molecule has 8 heteroatoms. The Bertz CT molecular complexity index is 1150. The Morgan fingerprint density at radius 1 is 1.07 bits per heavy atom. The van der Waals surface area contributed by atoms with E-state index in [9.17, 15) is 8.42 Å². The van der Waals surface area contributed by atoms with Gasteiger partial charge in [-0.1, -0.05) is 41.4 Å². The van der Waals surface area contributed by atoms with E-state index in [1.165, 1.54) is 12.1 Å². The molecule has 0 bridgehead atoms. The largest absolute Gasteiger partial charge is 0.494 e. The van der Waals surface area contributed by atoms with Gasteiger partial charge in [-0.3, -0.25) is 4.98 Å². The number of halogens is 2. The van der Waals surface area contributed by atoms with Crippen LogP contribution in [0.25, 0.3) is 11.1 Å². The second kappa shape index (κ2) is 8.32. The Hall–Kier alpha value is -2.12. The van der Waals surface area contributed by atoms with Crippen LogP contribution in [0.5, 0.6) is 5.75 Å². The van der Waals surface area contributed by atoms with Crippen LogP contribution in [0.4, 0.5) is 0 Å². The van der Waals surface area contributed by atoms with Crippen LogP contribution in [0, 0.1) is 0 Å². The molecule has 1 N–H and O–H groups in total. The zero-order chi connectivity index (χ0) is 21.2. The lowest BCUT2D eigenvalue weighted by molar-refractivity contribution is 0.414. The monoisotopic (exact) mass is 450 g/mol. The molecule has 0 atom stereocenters. The van der Waals surface area contributed by atoms with Crippen LogP contribution >= 0.6 is 23.2 Å². The number of nitrogens with zero attached hydrogens (tertiary/aromatic N) is 1. The predicted molar refractivity (Wildman–Crippen MR) is 116 cm³/mol. The second-order valence-electron chi connectivity index (χ2n) is 6.96. The molecule has 0 aliphatic carbocycles. The van der Waals surface area contributed by atoms with Crippen molar-refractivity contribution in [3.05, 3.63) is 76.5 Å². The van der Waals surface area contributed by atoms with Gasteiger partial charge in [-0.2, -0.15) is 0 Å². The van der Waals surface area contributed by atoms with Gasteiger partial charge >= 0.3 is 0 Å². The summed E-state index contributed by atoms with van der Waals surface area (Å²) in [6, 6.07) is 13.8. The highest BCUT2D eigenvalue weighted by atomic mass is 35.5. The van der Waals surface area contributed by atoms with E-state index in [0.717, 1.165) is 16.7 Å². The number of sulfonamides is 1. The third-order valence-electron chi connectivity index (χ3n) is 4.47. The zero-order valence-electron chi connectivity index (χ0n) is 16.1. The maximum absolute atomic E-state index is 13.0. The fraction of sp³-hybridized carbons (Fsp3) is 0.190. The molecule has 0 fully saturated rings. The average Bonchev–Trinajstić information content (AvgIpc) is 2.69. The lowest BCUT2D eigenvalue weighted by Crippen LogP contribution is -2.41. The molecule has 0 unspecified atom stereocenters. The molecule has 0 saturated heterocycles. The van der Waals surface area contributed by atoms with Crippen molar-refractivity contribution in [2.24, 2.45) is 0 Å². The van der Waals surface area contributed by atoms with E-state index in [1.54, 1.807) is 39.4 Å². The highest BCUT2D eigenvalue weighted by Crippen LogP contribution is 2.33. The van der Waals surface area contributed by atoms with Crippen LogP contribution < -0.4 is 9.46 Å². The Morgan fingerprint density at radius 3 is 2.55 bits per heavy atom. The van der Waals surface area contributed by atoms with Crippen LogP contribution in [0.2, 0.25) is 10.0 Å². The van der Waals surface area contributed by atoms with Gasteiger partial charge in [-0.15, -0.1) is 0 Å². The van der Waals surface area contributed by atoms with Crippen LogP contribution in [0.1, 0.15) is 19.4 Å². The standard InChI is InChI=1S/C21H20Cl2N2O3S/c1-21(2,25-29(26,27)20-12-16(22)7-8-18(20)23)15-6-4-5-14(11-15)17-9-10-24-13-19(17)28-3/h4-13,25H,1-3H3. The molecule has 2 aromatic carbocycles. The van der Waals surface area contributed by atoms with E-state index in [1.807, 2.05) is 30.3 Å². The van der Waals surface area contributed by atoms with Crippen molar-refractivity contribution >= 4 is 33.2 Å². The van der Waals surface area contributed by atoms with E-state index in [2.05, 4.69) is 9.71 Å². The summed E-state index contributed by atoms with van der Waals surface area (Å²) in [5.74, 6) is 0.633. The summed E-state index contributed by atoms with van der Waals surface area (Å²) in [5.41, 5.74) is 1.60. The minimum absolute atomic E-state index is 0.0632. The number of aromatic nitrogens is 1. The molecular formula is C21H20Cl2N2O3S. The van der Waals surface area contributed by atoms with Crippen LogP contribution in [-0.4, -0.2) is 20.5 Å². The summed E-state index contributed by atoms with van der Waals surface area (Å²) in [6.45, 7) is 3.57. The summed E-state index contributed by atoms with van der Waals surface area (Å²) in [7, 11) is -2.33. The molecule has 0 aliphatic heterocycles. The van der Waals surface area contributed by atoms with Gasteiger partial charge in [0.15, 0.2) is 0 Å². The van der Waals surface area contributed by atoms with Crippen molar-refractivity contribution in [2.45, 2.75) is 24.3 Å². The molecule has 1 aromatic heterocycles. The molecule has 0 radical (unpaired) electrons. The maximum Gasteiger partial charge on any atom is 0.242 e. The van der Waals surface area contributed by atoms with Crippen LogP contribution in [-0.2, 0) is 15.6 Å². The summed E-state index contributed by atoms with van der Waals surface area (Å²) < 4.78 is 34.0. The fourth-order valence-corrected chi connectivity index (χ4v) is 5.16. The van der Waals surface area contributed by atoms with Gasteiger partial charge in [0.25, 0.3) is 0 Å². The lowest BCUT2D eigenvalue weighted by atomic mass is 9.92. The number of nitrogens with one attached hydrogen (secondary N) is 1. The maximum atomic E-state index is 13.0. The van der Waals surface area contributed by atoms with Gasteiger partial charge in [0.1, 0.15) is 10.6 Å². The highest BCUT2D eigenvalue weighted by Gasteiger charge is 2.30. The summed E-state index contributed by atoms with van der Waals surface area (Å²) >= 11 is 12.1. The molecule has 0 saturated carbocycles. The molecule has 29 heavy (non-hydrogen) atoms. The molecule has 3 rings (SSSR count). The first-order valence-electron chi connectivity index (χ1n) is 8.72. The SMILES string of the molecule is COc1cnccc1-c1cccc(C(C)(C)NS(=O)(=O)c2cc(Cl)ccc2Cl)c1. The molecule has 0 spiro atoms. The van der Waals surface area contributed by atoms with Crippen molar-refractivity contribution in [3.8, 4) is 16.9 Å². The van der Waals surface area contributed by atoms with Crippen molar-refractivity contribution in [1.29, 1.82) is 0 Å². The van der Waals surface area contributed by atoms with Gasteiger partial charge in [0.05, 0.1) is 23.9 Å². The first kappa shape index (κ1) is 21.6. The topological polar surface area (TPSA) is 68.3 Å². The quantitative estimate of drug-likeness (QED) is 0.554. The third-order valence-corrected chi connectivity index (χ3v) is 6.84. The second-order valence-corrected chi connectivity index (χ2v) is 9.46. The number of benzene rings is 2. The van der Waals surface area contributed by atoms with Gasteiger partial charge in [-0.05, 0) is 55.3 Å². The van der Waals surface area contributed by atoms with E-state index in [0.29, 0.717) is 10.8 Å². The Kier molecular flexibility index (Phi) is 6.19. The van der Waals surface area contributed by atoms with Gasteiger partial charge < -0.3 is 4.74 Å². The minimum Gasteiger partial charge on any atom is -0.494 e. The molecule has 152 valence electrons. The molecular weight excluding hydrogens is 431 g/mol. The van der Waals surface area contributed by atoms with Gasteiger partial charge in [0.2, 0.25) is 10.0 Å². The van der Waals surface area contributed by atoms with Crippen molar-refractivity contribution in [2.75, 3.05) is 7.11 Å². The highest BCUT2D eigenvalue weighted by molar-refractivity contribution is 7.89. The van der Waals surface area contributed by atoms with Crippen molar-refractivity contribution in [1.82, 2.24) is 9.71 Å². The first-order valence-corrected chi connectivity index (χ1v) is 11.0. The zero-order valence-corrected chi connectivity index (χ0v) is 18.4. The first-order chi connectivity index (χ1) is 13.6. The number of pyridine rings is 1. The predicted octanol–water partition coefficient (Wildman–Crippen LogP) is 5.28. The van der Waals surface area contributed by atoms with E-state index in [-0.39, 0.29) is 9.92 Å². The van der Waals surface area contributed by atoms with Gasteiger partial charge in [0, 0.05) is 16.8 Å². The summed E-state index contributed by atoms with van der Waals surface area (Å²) in [5, 5.41) is 0.396. The number of hydrogen-bond donors (Lipinski definition) is 1. The molecule has 1 heterocycles. The molecule has 0 aliphatic rings. The van der Waals surface area contributed by atoms with E-state index in [4.69, 9.17) is 27.9 Å². The Labute approximate surface area is 180 Å². The Balaban J connectivity index is 1.99. The molecule has 5 nitrogen and oxygen atoms in total. The van der Waals surface area contributed by atoms with Crippen molar-refractivity contribution < 1.29 is 13.2 Å². The van der Waals surface area contributed by atoms with E-state index >= 15 is 0 Å². The normalized spacial score (nSPS) is 12.0. The number of methoxy groups -OCH3 is 1. The minimum atomic E-state index is -3.91. The third kappa shape index (κ3) is 4.73. The lowest BCUT2D eigenvalue weighted by Gasteiger charge is -2.27. The van der Waals surface area contributed by atoms with Crippen LogP contribution in [0.3, 0.4) is 0 Å².